The van der Waals surface area contributed by atoms with Crippen molar-refractivity contribution in [1.29, 1.82) is 0 Å². The van der Waals surface area contributed by atoms with Crippen LogP contribution >= 0.6 is 0 Å². The fraction of sp³-hybridized carbons (Fsp3) is 0.238. The van der Waals surface area contributed by atoms with Gasteiger partial charge in [0.2, 0.25) is 0 Å². The van der Waals surface area contributed by atoms with E-state index in [2.05, 4.69) is 10.4 Å². The first-order chi connectivity index (χ1) is 12.8. The molecule has 1 aromatic heterocycles. The number of carbonyl (C=O) groups is 1. The molecule has 1 aliphatic heterocycles. The van der Waals surface area contributed by atoms with Gasteiger partial charge in [0.25, 0.3) is 0 Å². The Balaban J connectivity index is 1.42. The van der Waals surface area contributed by atoms with Gasteiger partial charge in [-0.25, -0.2) is 4.68 Å². The topological polar surface area (TPSA) is 56.1 Å². The van der Waals surface area contributed by atoms with E-state index < -0.39 is 0 Å². The maximum Gasteiger partial charge on any atom is 0.187 e. The maximum absolute atomic E-state index is 12.5. The molecule has 1 atom stereocenters. The molecule has 0 bridgehead atoms. The number of nitrogens with one attached hydrogen (secondary N) is 1. The van der Waals surface area contributed by atoms with Gasteiger partial charge in [0.15, 0.2) is 5.78 Å². The standard InChI is InChI=1S/C21H21N3O2/c25-20(19-10-12-24(23-19)18-4-2-1-3-5-18)14-16-6-8-17(9-7-16)21-15-22-11-13-26-21/h1-10,12,21-22H,11,13-15H2/t21-/m1/s1. The largest absolute Gasteiger partial charge is 0.371 e. The highest BCUT2D eigenvalue weighted by atomic mass is 16.5. The van der Waals surface area contributed by atoms with Gasteiger partial charge in [-0.2, -0.15) is 5.10 Å². The predicted octanol–water partition coefficient (Wildman–Crippen LogP) is 2.96. The molecule has 1 aliphatic rings. The van der Waals surface area contributed by atoms with E-state index in [1.54, 1.807) is 10.7 Å². The van der Waals surface area contributed by atoms with Crippen LogP contribution in [0.15, 0.2) is 66.9 Å². The summed E-state index contributed by atoms with van der Waals surface area (Å²) in [7, 11) is 0. The zero-order chi connectivity index (χ0) is 17.8. The minimum absolute atomic E-state index is 0.0167. The number of para-hydroxylation sites is 1. The zero-order valence-electron chi connectivity index (χ0n) is 14.5. The second-order valence-corrected chi connectivity index (χ2v) is 6.39. The first-order valence-corrected chi connectivity index (χ1v) is 8.85. The van der Waals surface area contributed by atoms with Crippen molar-refractivity contribution >= 4 is 5.78 Å². The molecule has 26 heavy (non-hydrogen) atoms. The molecule has 0 aliphatic carbocycles. The molecule has 5 heteroatoms. The lowest BCUT2D eigenvalue weighted by atomic mass is 10.0. The number of benzene rings is 2. The van der Waals surface area contributed by atoms with Crippen molar-refractivity contribution in [1.82, 2.24) is 15.1 Å². The molecule has 0 amide bonds. The zero-order valence-corrected chi connectivity index (χ0v) is 14.5. The summed E-state index contributed by atoms with van der Waals surface area (Å²) in [5.41, 5.74) is 3.55. The fourth-order valence-electron chi connectivity index (χ4n) is 3.10. The molecule has 2 aromatic carbocycles. The Morgan fingerprint density at radius 1 is 1.12 bits per heavy atom. The Bertz CT molecular complexity index is 866. The van der Waals surface area contributed by atoms with E-state index in [1.807, 2.05) is 60.8 Å². The van der Waals surface area contributed by atoms with Gasteiger partial charge >= 0.3 is 0 Å². The third kappa shape index (κ3) is 3.74. The molecule has 1 N–H and O–H groups in total. The highest BCUT2D eigenvalue weighted by Gasteiger charge is 2.16. The van der Waals surface area contributed by atoms with E-state index in [1.165, 1.54) is 0 Å². The Labute approximate surface area is 152 Å². The van der Waals surface area contributed by atoms with Crippen LogP contribution < -0.4 is 5.32 Å². The molecule has 0 spiro atoms. The molecule has 0 radical (unpaired) electrons. The third-order valence-electron chi connectivity index (χ3n) is 4.54. The van der Waals surface area contributed by atoms with Crippen LogP contribution in [-0.4, -0.2) is 35.3 Å². The summed E-state index contributed by atoms with van der Waals surface area (Å²) >= 11 is 0. The van der Waals surface area contributed by atoms with Gasteiger partial charge in [-0.3, -0.25) is 4.79 Å². The lowest BCUT2D eigenvalue weighted by Gasteiger charge is -2.24. The summed E-state index contributed by atoms with van der Waals surface area (Å²) in [5.74, 6) is 0.0167. The molecule has 1 saturated heterocycles. The Kier molecular flexibility index (Phi) is 4.91. The fourth-order valence-corrected chi connectivity index (χ4v) is 3.10. The summed E-state index contributed by atoms with van der Waals surface area (Å²) in [5, 5.41) is 7.73. The van der Waals surface area contributed by atoms with E-state index >= 15 is 0 Å². The predicted molar refractivity (Wildman–Crippen MR) is 99.6 cm³/mol. The van der Waals surface area contributed by atoms with Crippen molar-refractivity contribution in [2.24, 2.45) is 0 Å². The molecule has 5 nitrogen and oxygen atoms in total. The highest BCUT2D eigenvalue weighted by molar-refractivity contribution is 5.95. The first kappa shape index (κ1) is 16.7. The minimum Gasteiger partial charge on any atom is -0.371 e. The third-order valence-corrected chi connectivity index (χ3v) is 4.54. The van der Waals surface area contributed by atoms with Crippen LogP contribution in [0, 0.1) is 0 Å². The van der Waals surface area contributed by atoms with Gasteiger partial charge in [0.05, 0.1) is 18.4 Å². The molecule has 4 rings (SSSR count). The smallest absolute Gasteiger partial charge is 0.187 e. The van der Waals surface area contributed by atoms with E-state index in [-0.39, 0.29) is 11.9 Å². The number of nitrogens with zero attached hydrogens (tertiary/aromatic N) is 2. The molecular weight excluding hydrogens is 326 g/mol. The molecule has 0 unspecified atom stereocenters. The molecule has 2 heterocycles. The van der Waals surface area contributed by atoms with Crippen molar-refractivity contribution in [2.75, 3.05) is 19.7 Å². The van der Waals surface area contributed by atoms with Gasteiger partial charge in [0, 0.05) is 25.7 Å². The van der Waals surface area contributed by atoms with Gasteiger partial charge in [0.1, 0.15) is 5.69 Å². The van der Waals surface area contributed by atoms with Crippen molar-refractivity contribution < 1.29 is 9.53 Å². The van der Waals surface area contributed by atoms with Crippen LogP contribution in [0.2, 0.25) is 0 Å². The Morgan fingerprint density at radius 2 is 1.92 bits per heavy atom. The molecular formula is C21H21N3O2. The van der Waals surface area contributed by atoms with E-state index in [9.17, 15) is 4.79 Å². The summed E-state index contributed by atoms with van der Waals surface area (Å²) < 4.78 is 7.48. The molecule has 132 valence electrons. The van der Waals surface area contributed by atoms with Crippen LogP contribution in [-0.2, 0) is 11.2 Å². The Morgan fingerprint density at radius 3 is 2.65 bits per heavy atom. The first-order valence-electron chi connectivity index (χ1n) is 8.85. The lowest BCUT2D eigenvalue weighted by molar-refractivity contribution is 0.0277. The number of hydrogen-bond donors (Lipinski definition) is 1. The highest BCUT2D eigenvalue weighted by Crippen LogP contribution is 2.19. The average Bonchev–Trinajstić information content (AvgIpc) is 3.20. The van der Waals surface area contributed by atoms with Crippen molar-refractivity contribution in [3.8, 4) is 5.69 Å². The second kappa shape index (κ2) is 7.64. The number of morpholine rings is 1. The summed E-state index contributed by atoms with van der Waals surface area (Å²) in [6, 6.07) is 19.6. The monoisotopic (exact) mass is 347 g/mol. The number of aromatic nitrogens is 2. The summed E-state index contributed by atoms with van der Waals surface area (Å²) in [6.45, 7) is 2.46. The Hall–Kier alpha value is -2.76. The van der Waals surface area contributed by atoms with Crippen LogP contribution in [0.25, 0.3) is 5.69 Å². The van der Waals surface area contributed by atoms with E-state index in [4.69, 9.17) is 4.74 Å². The quantitative estimate of drug-likeness (QED) is 0.721. The number of Topliss-reactive ketones (excluding diaryl/α,β-unsaturated/α-hetero) is 1. The average molecular weight is 347 g/mol. The molecule has 1 fully saturated rings. The summed E-state index contributed by atoms with van der Waals surface area (Å²) in [6.07, 6.45) is 2.25. The van der Waals surface area contributed by atoms with Crippen molar-refractivity contribution in [2.45, 2.75) is 12.5 Å². The maximum atomic E-state index is 12.5. The van der Waals surface area contributed by atoms with E-state index in [0.29, 0.717) is 12.1 Å². The number of hydrogen-bond acceptors (Lipinski definition) is 4. The normalized spacial score (nSPS) is 17.2. The van der Waals surface area contributed by atoms with Crippen molar-refractivity contribution in [3.05, 3.63) is 83.7 Å². The van der Waals surface area contributed by atoms with Crippen LogP contribution in [0.3, 0.4) is 0 Å². The van der Waals surface area contributed by atoms with E-state index in [0.717, 1.165) is 36.5 Å². The molecule has 0 saturated carbocycles. The van der Waals surface area contributed by atoms with Crippen LogP contribution in [0.4, 0.5) is 0 Å². The van der Waals surface area contributed by atoms with Crippen molar-refractivity contribution in [3.63, 3.8) is 0 Å². The number of carbonyl (C=O) groups excluding carboxylic acids is 1. The van der Waals surface area contributed by atoms with Crippen LogP contribution in [0.5, 0.6) is 0 Å². The van der Waals surface area contributed by atoms with Gasteiger partial charge in [-0.1, -0.05) is 42.5 Å². The van der Waals surface area contributed by atoms with Gasteiger partial charge in [-0.15, -0.1) is 0 Å². The van der Waals surface area contributed by atoms with Gasteiger partial charge in [-0.05, 0) is 29.3 Å². The number of ketones is 1. The number of ether oxygens (including phenoxy) is 1. The number of rotatable bonds is 5. The molecule has 3 aromatic rings. The summed E-state index contributed by atoms with van der Waals surface area (Å²) in [4.78, 5) is 12.5. The minimum atomic E-state index is 0.0167. The van der Waals surface area contributed by atoms with Gasteiger partial charge < -0.3 is 10.1 Å². The SMILES string of the molecule is O=C(Cc1ccc([C@H]2CNCCO2)cc1)c1ccn(-c2ccccc2)n1. The van der Waals surface area contributed by atoms with Crippen LogP contribution in [0.1, 0.15) is 27.7 Å². The lowest BCUT2D eigenvalue weighted by Crippen LogP contribution is -2.33. The second-order valence-electron chi connectivity index (χ2n) is 6.39.